The topological polar surface area (TPSA) is 15.3 Å². The highest BCUT2D eigenvalue weighted by molar-refractivity contribution is 8.04. The van der Waals surface area contributed by atoms with Crippen molar-refractivity contribution in [2.45, 2.75) is 12.5 Å². The molecule has 0 spiro atoms. The minimum absolute atomic E-state index is 0.286. The van der Waals surface area contributed by atoms with Crippen LogP contribution >= 0.6 is 11.8 Å². The summed E-state index contributed by atoms with van der Waals surface area (Å²) >= 11 is 1.74. The molecule has 3 rings (SSSR count). The number of nitrogens with zero attached hydrogens (tertiary/aromatic N) is 1. The van der Waals surface area contributed by atoms with Crippen LogP contribution in [0.5, 0.6) is 0 Å². The Bertz CT molecular complexity index is 379. The summed E-state index contributed by atoms with van der Waals surface area (Å²) in [4.78, 5) is 2.30. The first kappa shape index (κ1) is 9.16. The maximum absolute atomic E-state index is 3.49. The Morgan fingerprint density at radius 3 is 3.53 bits per heavy atom. The molecule has 0 aromatic carbocycles. The van der Waals surface area contributed by atoms with Crippen LogP contribution in [0.25, 0.3) is 0 Å². The molecule has 76 valence electrons. The molecule has 0 aromatic rings. The number of rotatable bonds is 0. The van der Waals surface area contributed by atoms with E-state index in [0.717, 1.165) is 13.0 Å². The SMILES string of the molecule is [C]1CC=CC2=CNCC3=CSC=CN3C12. The predicted molar refractivity (Wildman–Crippen MR) is 63.5 cm³/mol. The lowest BCUT2D eigenvalue weighted by Crippen LogP contribution is -2.33. The summed E-state index contributed by atoms with van der Waals surface area (Å²) in [5, 5.41) is 7.65. The van der Waals surface area contributed by atoms with Crippen LogP contribution in [0.2, 0.25) is 0 Å². The van der Waals surface area contributed by atoms with Crippen LogP contribution in [-0.4, -0.2) is 17.5 Å². The molecule has 2 heterocycles. The average Bonchev–Trinajstić information content (AvgIpc) is 2.48. The van der Waals surface area contributed by atoms with E-state index in [2.05, 4.69) is 52.0 Å². The van der Waals surface area contributed by atoms with Crippen molar-refractivity contribution in [2.24, 2.45) is 0 Å². The van der Waals surface area contributed by atoms with Crippen molar-refractivity contribution in [1.82, 2.24) is 10.2 Å². The molecular weight excluding hydrogens is 204 g/mol. The van der Waals surface area contributed by atoms with Gasteiger partial charge in [-0.05, 0) is 22.8 Å². The van der Waals surface area contributed by atoms with Gasteiger partial charge in [0.1, 0.15) is 0 Å². The zero-order valence-corrected chi connectivity index (χ0v) is 9.13. The van der Waals surface area contributed by atoms with Gasteiger partial charge in [0.05, 0.1) is 12.6 Å². The summed E-state index contributed by atoms with van der Waals surface area (Å²) in [6.07, 6.45) is 13.0. The Kier molecular flexibility index (Phi) is 2.33. The molecule has 0 saturated heterocycles. The van der Waals surface area contributed by atoms with E-state index in [9.17, 15) is 0 Å². The lowest BCUT2D eigenvalue weighted by atomic mass is 9.95. The predicted octanol–water partition coefficient (Wildman–Crippen LogP) is 2.24. The smallest absolute Gasteiger partial charge is 0.0670 e. The number of hydrogen-bond donors (Lipinski definition) is 1. The van der Waals surface area contributed by atoms with Crippen LogP contribution in [-0.2, 0) is 0 Å². The highest BCUT2D eigenvalue weighted by atomic mass is 32.2. The summed E-state index contributed by atoms with van der Waals surface area (Å²) in [5.41, 5.74) is 2.61. The van der Waals surface area contributed by atoms with Gasteiger partial charge in [0.2, 0.25) is 0 Å². The fraction of sp³-hybridized carbons (Fsp3) is 0.250. The van der Waals surface area contributed by atoms with Gasteiger partial charge in [0.15, 0.2) is 0 Å². The van der Waals surface area contributed by atoms with Crippen LogP contribution in [0.3, 0.4) is 0 Å². The molecule has 0 amide bonds. The standard InChI is InChI=1S/C12H12N2S/c1-2-4-12-10(3-1)7-13-8-11-9-15-6-5-14(11)12/h1,3,5-7,9,12-13H,2,8H2. The monoisotopic (exact) mass is 216 g/mol. The second-order valence-corrected chi connectivity index (χ2v) is 4.46. The lowest BCUT2D eigenvalue weighted by Gasteiger charge is -2.33. The van der Waals surface area contributed by atoms with Gasteiger partial charge in [0.25, 0.3) is 0 Å². The molecule has 2 aliphatic heterocycles. The number of fused-ring (bicyclic) bond motifs is 3. The highest BCUT2D eigenvalue weighted by Crippen LogP contribution is 2.30. The molecule has 3 aliphatic rings. The molecular formula is C12H12N2S. The van der Waals surface area contributed by atoms with Crippen molar-refractivity contribution in [2.75, 3.05) is 6.54 Å². The molecule has 2 nitrogen and oxygen atoms in total. The Morgan fingerprint density at radius 2 is 2.53 bits per heavy atom. The van der Waals surface area contributed by atoms with E-state index in [0.29, 0.717) is 0 Å². The summed E-state index contributed by atoms with van der Waals surface area (Å²) < 4.78 is 0. The van der Waals surface area contributed by atoms with Crippen molar-refractivity contribution in [3.05, 3.63) is 53.1 Å². The minimum Gasteiger partial charge on any atom is -0.385 e. The maximum Gasteiger partial charge on any atom is 0.0670 e. The van der Waals surface area contributed by atoms with Gasteiger partial charge in [-0.1, -0.05) is 12.2 Å². The van der Waals surface area contributed by atoms with Gasteiger partial charge < -0.3 is 10.2 Å². The van der Waals surface area contributed by atoms with Crippen molar-refractivity contribution < 1.29 is 0 Å². The molecule has 0 saturated carbocycles. The molecule has 1 aliphatic carbocycles. The number of nitrogens with one attached hydrogen (secondary N) is 1. The van der Waals surface area contributed by atoms with Gasteiger partial charge in [-0.3, -0.25) is 0 Å². The molecule has 1 atom stereocenters. The Balaban J connectivity index is 1.97. The van der Waals surface area contributed by atoms with Crippen molar-refractivity contribution in [3.8, 4) is 0 Å². The van der Waals surface area contributed by atoms with E-state index < -0.39 is 0 Å². The third-order valence-electron chi connectivity index (χ3n) is 2.72. The quantitative estimate of drug-likeness (QED) is 0.668. The van der Waals surface area contributed by atoms with Crippen molar-refractivity contribution in [1.29, 1.82) is 0 Å². The van der Waals surface area contributed by atoms with Crippen molar-refractivity contribution >= 4 is 11.8 Å². The second-order valence-electron chi connectivity index (χ2n) is 3.68. The van der Waals surface area contributed by atoms with E-state index in [-0.39, 0.29) is 6.04 Å². The Labute approximate surface area is 94.4 Å². The van der Waals surface area contributed by atoms with Crippen LogP contribution in [0.4, 0.5) is 0 Å². The summed E-state index contributed by atoms with van der Waals surface area (Å²) in [5.74, 6) is 0. The van der Waals surface area contributed by atoms with E-state index in [1.807, 2.05) is 0 Å². The molecule has 3 heteroatoms. The Morgan fingerprint density at radius 1 is 1.53 bits per heavy atom. The van der Waals surface area contributed by atoms with E-state index >= 15 is 0 Å². The Hall–Kier alpha value is -1.09. The zero-order chi connectivity index (χ0) is 10.1. The minimum atomic E-state index is 0.286. The molecule has 0 aromatic heterocycles. The fourth-order valence-electron chi connectivity index (χ4n) is 2.00. The first-order valence-corrected chi connectivity index (χ1v) is 6.02. The molecule has 0 bridgehead atoms. The molecule has 0 fully saturated rings. The summed E-state index contributed by atoms with van der Waals surface area (Å²) in [7, 11) is 0. The molecule has 2 radical (unpaired) electrons. The molecule has 15 heavy (non-hydrogen) atoms. The lowest BCUT2D eigenvalue weighted by molar-refractivity contribution is 0.410. The van der Waals surface area contributed by atoms with Crippen LogP contribution in [0, 0.1) is 6.42 Å². The summed E-state index contributed by atoms with van der Waals surface area (Å²) in [6, 6.07) is 0.286. The van der Waals surface area contributed by atoms with Gasteiger partial charge in [0, 0.05) is 24.5 Å². The summed E-state index contributed by atoms with van der Waals surface area (Å²) in [6.45, 7) is 0.896. The molecule has 1 unspecified atom stereocenters. The van der Waals surface area contributed by atoms with Gasteiger partial charge in [-0.15, -0.1) is 11.8 Å². The highest BCUT2D eigenvalue weighted by Gasteiger charge is 2.26. The fourth-order valence-corrected chi connectivity index (χ4v) is 2.65. The van der Waals surface area contributed by atoms with Gasteiger partial charge in [-0.2, -0.15) is 0 Å². The third kappa shape index (κ3) is 1.61. The zero-order valence-electron chi connectivity index (χ0n) is 8.31. The molecule has 1 N–H and O–H groups in total. The van der Waals surface area contributed by atoms with Gasteiger partial charge >= 0.3 is 0 Å². The van der Waals surface area contributed by atoms with E-state index in [1.165, 1.54) is 11.3 Å². The van der Waals surface area contributed by atoms with Gasteiger partial charge in [-0.25, -0.2) is 0 Å². The van der Waals surface area contributed by atoms with E-state index in [1.54, 1.807) is 11.8 Å². The van der Waals surface area contributed by atoms with Crippen LogP contribution < -0.4 is 5.32 Å². The number of thioether (sulfide) groups is 1. The normalized spacial score (nSPS) is 28.3. The third-order valence-corrected chi connectivity index (χ3v) is 3.41. The second kappa shape index (κ2) is 3.81. The number of allylic oxidation sites excluding steroid dienone is 1. The van der Waals surface area contributed by atoms with Crippen LogP contribution in [0.15, 0.2) is 46.6 Å². The number of hydrogen-bond acceptors (Lipinski definition) is 3. The maximum atomic E-state index is 3.49. The largest absolute Gasteiger partial charge is 0.385 e. The van der Waals surface area contributed by atoms with Crippen molar-refractivity contribution in [3.63, 3.8) is 0 Å². The first-order valence-electron chi connectivity index (χ1n) is 5.08. The van der Waals surface area contributed by atoms with E-state index in [4.69, 9.17) is 0 Å². The first-order chi connectivity index (χ1) is 7.45. The average molecular weight is 216 g/mol. The van der Waals surface area contributed by atoms with Crippen LogP contribution in [0.1, 0.15) is 6.42 Å².